The van der Waals surface area contributed by atoms with Gasteiger partial charge in [-0.1, -0.05) is 18.2 Å². The number of benzene rings is 1. The SMILES string of the molecule is Cc1ccccc1N1CCCCN2CC[N+](C)=C21. The average Bonchev–Trinajstić information content (AvgIpc) is 2.62. The minimum Gasteiger partial charge on any atom is -0.264 e. The Morgan fingerprint density at radius 3 is 2.67 bits per heavy atom. The van der Waals surface area contributed by atoms with E-state index in [1.807, 2.05) is 0 Å². The summed E-state index contributed by atoms with van der Waals surface area (Å²) in [5.74, 6) is 1.40. The molecule has 0 N–H and O–H groups in total. The lowest BCUT2D eigenvalue weighted by Crippen LogP contribution is -2.43. The number of aryl methyl sites for hydroxylation is 1. The van der Waals surface area contributed by atoms with Crippen molar-refractivity contribution in [1.29, 1.82) is 0 Å². The second-order valence-corrected chi connectivity index (χ2v) is 5.35. The van der Waals surface area contributed by atoms with Gasteiger partial charge in [-0.2, -0.15) is 0 Å². The van der Waals surface area contributed by atoms with Crippen molar-refractivity contribution in [3.63, 3.8) is 0 Å². The van der Waals surface area contributed by atoms with Crippen LogP contribution in [0, 0.1) is 6.92 Å². The van der Waals surface area contributed by atoms with Crippen molar-refractivity contribution in [2.45, 2.75) is 19.8 Å². The van der Waals surface area contributed by atoms with E-state index in [1.54, 1.807) is 0 Å². The summed E-state index contributed by atoms with van der Waals surface area (Å²) in [6.45, 7) is 6.88. The molecule has 3 nitrogen and oxygen atoms in total. The van der Waals surface area contributed by atoms with Gasteiger partial charge in [0.25, 0.3) is 0 Å². The number of anilines is 1. The number of guanidine groups is 1. The number of hydrogen-bond donors (Lipinski definition) is 0. The number of rotatable bonds is 1. The highest BCUT2D eigenvalue weighted by atomic mass is 15.4. The second kappa shape index (κ2) is 4.63. The maximum Gasteiger partial charge on any atom is 0.355 e. The molecule has 3 heteroatoms. The fraction of sp³-hybridized carbons (Fsp3) is 0.533. The molecule has 18 heavy (non-hydrogen) atoms. The van der Waals surface area contributed by atoms with E-state index in [0.29, 0.717) is 0 Å². The summed E-state index contributed by atoms with van der Waals surface area (Å²) in [6, 6.07) is 8.72. The van der Waals surface area contributed by atoms with Gasteiger partial charge in [0.15, 0.2) is 0 Å². The van der Waals surface area contributed by atoms with Crippen LogP contribution in [0.3, 0.4) is 0 Å². The van der Waals surface area contributed by atoms with Crippen LogP contribution in [-0.4, -0.2) is 48.7 Å². The van der Waals surface area contributed by atoms with Crippen LogP contribution in [0.1, 0.15) is 18.4 Å². The summed E-state index contributed by atoms with van der Waals surface area (Å²) in [6.07, 6.45) is 2.59. The molecule has 0 aromatic heterocycles. The summed E-state index contributed by atoms with van der Waals surface area (Å²) >= 11 is 0. The molecule has 1 aromatic carbocycles. The van der Waals surface area contributed by atoms with Crippen molar-refractivity contribution in [2.24, 2.45) is 0 Å². The third-order valence-corrected chi connectivity index (χ3v) is 4.04. The molecule has 1 aromatic rings. The highest BCUT2D eigenvalue weighted by Gasteiger charge is 2.36. The number of fused-ring (bicyclic) bond motifs is 1. The fourth-order valence-electron chi connectivity index (χ4n) is 3.07. The Hall–Kier alpha value is -1.51. The standard InChI is InChI=1S/C15H22N3/c1-13-7-3-4-8-14(13)18-10-6-5-9-17-12-11-16(2)15(17)18/h3-4,7-8H,5-6,9-12H2,1-2H3/q+1. The van der Waals surface area contributed by atoms with Crippen molar-refractivity contribution in [3.8, 4) is 0 Å². The maximum absolute atomic E-state index is 2.54. The fourth-order valence-corrected chi connectivity index (χ4v) is 3.07. The molecule has 2 heterocycles. The van der Waals surface area contributed by atoms with Gasteiger partial charge in [0.1, 0.15) is 5.69 Å². The highest BCUT2D eigenvalue weighted by molar-refractivity contribution is 5.94. The predicted molar refractivity (Wildman–Crippen MR) is 75.4 cm³/mol. The first kappa shape index (κ1) is 11.6. The number of likely N-dealkylation sites (N-methyl/N-ethyl adjacent to an activating group) is 1. The third-order valence-electron chi connectivity index (χ3n) is 4.04. The van der Waals surface area contributed by atoms with E-state index in [1.165, 1.54) is 43.1 Å². The van der Waals surface area contributed by atoms with E-state index in [4.69, 9.17) is 0 Å². The van der Waals surface area contributed by atoms with Gasteiger partial charge < -0.3 is 0 Å². The molecule has 0 atom stereocenters. The molecule has 1 saturated heterocycles. The van der Waals surface area contributed by atoms with Crippen LogP contribution in [0.5, 0.6) is 0 Å². The van der Waals surface area contributed by atoms with Gasteiger partial charge in [-0.3, -0.25) is 9.48 Å². The van der Waals surface area contributed by atoms with E-state index in [9.17, 15) is 0 Å². The lowest BCUT2D eigenvalue weighted by atomic mass is 10.2. The van der Waals surface area contributed by atoms with Gasteiger partial charge in [-0.25, -0.2) is 4.90 Å². The van der Waals surface area contributed by atoms with E-state index < -0.39 is 0 Å². The Labute approximate surface area is 109 Å². The molecule has 0 aliphatic carbocycles. The van der Waals surface area contributed by atoms with Crippen LogP contribution in [0.25, 0.3) is 0 Å². The Kier molecular flexibility index (Phi) is 2.98. The second-order valence-electron chi connectivity index (χ2n) is 5.35. The highest BCUT2D eigenvalue weighted by Crippen LogP contribution is 2.24. The lowest BCUT2D eigenvalue weighted by molar-refractivity contribution is -0.487. The summed E-state index contributed by atoms with van der Waals surface area (Å²) in [7, 11) is 2.21. The average molecular weight is 244 g/mol. The van der Waals surface area contributed by atoms with Crippen LogP contribution < -0.4 is 4.90 Å². The lowest BCUT2D eigenvalue weighted by Gasteiger charge is -2.22. The topological polar surface area (TPSA) is 9.49 Å². The zero-order valence-electron chi connectivity index (χ0n) is 11.4. The van der Waals surface area contributed by atoms with Crippen LogP contribution in [0.15, 0.2) is 24.3 Å². The molecule has 1 fully saturated rings. The number of nitrogens with zero attached hydrogens (tertiary/aromatic N) is 3. The molecule has 0 amide bonds. The predicted octanol–water partition coefficient (Wildman–Crippen LogP) is 1.91. The zero-order valence-corrected chi connectivity index (χ0v) is 11.4. The largest absolute Gasteiger partial charge is 0.355 e. The molecular weight excluding hydrogens is 222 g/mol. The van der Waals surface area contributed by atoms with E-state index in [0.717, 1.165) is 13.1 Å². The maximum atomic E-state index is 2.54. The van der Waals surface area contributed by atoms with Gasteiger partial charge in [0.2, 0.25) is 0 Å². The number of para-hydroxylation sites is 1. The molecule has 96 valence electrons. The van der Waals surface area contributed by atoms with Crippen molar-refractivity contribution >= 4 is 11.6 Å². The molecule has 0 radical (unpaired) electrons. The van der Waals surface area contributed by atoms with Gasteiger partial charge in [-0.05, 0) is 31.4 Å². The first-order chi connectivity index (χ1) is 8.77. The Bertz CT molecular complexity index is 478. The van der Waals surface area contributed by atoms with Crippen LogP contribution in [-0.2, 0) is 0 Å². The Morgan fingerprint density at radius 2 is 1.83 bits per heavy atom. The molecule has 0 spiro atoms. The van der Waals surface area contributed by atoms with Gasteiger partial charge in [0, 0.05) is 0 Å². The molecule has 0 bridgehead atoms. The monoisotopic (exact) mass is 244 g/mol. The van der Waals surface area contributed by atoms with Crippen molar-refractivity contribution in [3.05, 3.63) is 29.8 Å². The van der Waals surface area contributed by atoms with Gasteiger partial charge >= 0.3 is 5.96 Å². The minimum atomic E-state index is 1.14. The molecular formula is C15H22N3+. The Morgan fingerprint density at radius 1 is 1.06 bits per heavy atom. The quantitative estimate of drug-likeness (QED) is 0.698. The normalized spacial score (nSPS) is 20.1. The van der Waals surface area contributed by atoms with E-state index in [2.05, 4.69) is 52.6 Å². The first-order valence-corrected chi connectivity index (χ1v) is 6.93. The number of hydrogen-bond acceptors (Lipinski definition) is 2. The van der Waals surface area contributed by atoms with Crippen molar-refractivity contribution in [1.82, 2.24) is 4.90 Å². The van der Waals surface area contributed by atoms with Gasteiger partial charge in [-0.15, -0.1) is 0 Å². The van der Waals surface area contributed by atoms with Gasteiger partial charge in [0.05, 0.1) is 33.2 Å². The summed E-state index contributed by atoms with van der Waals surface area (Å²) in [4.78, 5) is 5.05. The molecule has 0 unspecified atom stereocenters. The molecule has 2 aliphatic heterocycles. The van der Waals surface area contributed by atoms with E-state index in [-0.39, 0.29) is 0 Å². The van der Waals surface area contributed by atoms with Crippen molar-refractivity contribution < 1.29 is 4.58 Å². The van der Waals surface area contributed by atoms with Crippen LogP contribution >= 0.6 is 0 Å². The smallest absolute Gasteiger partial charge is 0.264 e. The van der Waals surface area contributed by atoms with Crippen LogP contribution in [0.2, 0.25) is 0 Å². The van der Waals surface area contributed by atoms with Crippen molar-refractivity contribution in [2.75, 3.05) is 38.1 Å². The van der Waals surface area contributed by atoms with E-state index >= 15 is 0 Å². The minimum absolute atomic E-state index is 1.14. The Balaban J connectivity index is 2.04. The molecule has 0 saturated carbocycles. The third kappa shape index (κ3) is 1.88. The summed E-state index contributed by atoms with van der Waals surface area (Å²) in [5.41, 5.74) is 2.74. The first-order valence-electron chi connectivity index (χ1n) is 6.93. The molecule has 2 aliphatic rings. The zero-order chi connectivity index (χ0) is 12.5. The molecule has 3 rings (SSSR count). The summed E-state index contributed by atoms with van der Waals surface area (Å²) in [5, 5.41) is 0. The summed E-state index contributed by atoms with van der Waals surface area (Å²) < 4.78 is 2.40. The van der Waals surface area contributed by atoms with Crippen LogP contribution in [0.4, 0.5) is 5.69 Å².